The van der Waals surface area contributed by atoms with E-state index in [0.29, 0.717) is 19.7 Å². The van der Waals surface area contributed by atoms with Crippen molar-refractivity contribution in [3.63, 3.8) is 0 Å². The van der Waals surface area contributed by atoms with Crippen LogP contribution in [0.1, 0.15) is 19.8 Å². The third-order valence-electron chi connectivity index (χ3n) is 3.67. The SMILES string of the molecule is C=N/N=C(/C1CCN(C(=O)OCC)CC1)N1C=CC=CC1. The van der Waals surface area contributed by atoms with Gasteiger partial charge in [0.05, 0.1) is 6.61 Å². The largest absolute Gasteiger partial charge is 0.450 e. The molecule has 2 aliphatic rings. The molecule has 0 aromatic rings. The summed E-state index contributed by atoms with van der Waals surface area (Å²) in [7, 11) is 0. The molecule has 2 heterocycles. The lowest BCUT2D eigenvalue weighted by Crippen LogP contribution is -2.43. The summed E-state index contributed by atoms with van der Waals surface area (Å²) in [5.41, 5.74) is 0. The molecule has 0 aliphatic carbocycles. The molecular formula is C15H22N4O2. The first-order valence-corrected chi connectivity index (χ1v) is 7.31. The van der Waals surface area contributed by atoms with E-state index in [0.717, 1.165) is 25.2 Å². The van der Waals surface area contributed by atoms with Gasteiger partial charge >= 0.3 is 6.09 Å². The standard InChI is InChI=1S/C15H22N4O2/c1-3-21-15(20)19-11-7-13(8-12-19)14(17-16-2)18-9-5-4-6-10-18/h4-6,9,13H,2-3,7-8,10-12H2,1H3/b17-14-. The van der Waals surface area contributed by atoms with Crippen molar-refractivity contribution >= 4 is 18.6 Å². The van der Waals surface area contributed by atoms with E-state index in [1.54, 1.807) is 4.90 Å². The number of rotatable bonds is 3. The summed E-state index contributed by atoms with van der Waals surface area (Å²) in [5.74, 6) is 1.21. The van der Waals surface area contributed by atoms with E-state index < -0.39 is 0 Å². The number of allylic oxidation sites excluding steroid dienone is 2. The maximum Gasteiger partial charge on any atom is 0.409 e. The maximum absolute atomic E-state index is 11.7. The monoisotopic (exact) mass is 290 g/mol. The van der Waals surface area contributed by atoms with E-state index in [4.69, 9.17) is 4.74 Å². The molecule has 0 unspecified atom stereocenters. The first-order chi connectivity index (χ1) is 10.3. The Kier molecular flexibility index (Phi) is 5.54. The van der Waals surface area contributed by atoms with E-state index in [9.17, 15) is 4.79 Å². The van der Waals surface area contributed by atoms with Gasteiger partial charge in [0.1, 0.15) is 5.84 Å². The van der Waals surface area contributed by atoms with Crippen LogP contribution in [0.25, 0.3) is 0 Å². The van der Waals surface area contributed by atoms with Crippen molar-refractivity contribution < 1.29 is 9.53 Å². The number of carbonyl (C=O) groups is 1. The number of piperidine rings is 1. The predicted octanol–water partition coefficient (Wildman–Crippen LogP) is 2.25. The van der Waals surface area contributed by atoms with Gasteiger partial charge < -0.3 is 14.5 Å². The summed E-state index contributed by atoms with van der Waals surface area (Å²) in [6.45, 7) is 7.87. The molecule has 0 N–H and O–H groups in total. The summed E-state index contributed by atoms with van der Waals surface area (Å²) >= 11 is 0. The molecule has 1 amide bonds. The average molecular weight is 290 g/mol. The van der Waals surface area contributed by atoms with Crippen LogP contribution in [0.5, 0.6) is 0 Å². The highest BCUT2D eigenvalue weighted by Crippen LogP contribution is 2.22. The Balaban J connectivity index is 1.96. The number of nitrogens with zero attached hydrogens (tertiary/aromatic N) is 4. The van der Waals surface area contributed by atoms with Gasteiger partial charge in [0.2, 0.25) is 0 Å². The van der Waals surface area contributed by atoms with Crippen LogP contribution in [0.4, 0.5) is 4.79 Å². The molecular weight excluding hydrogens is 268 g/mol. The quantitative estimate of drug-likeness (QED) is 0.455. The summed E-state index contributed by atoms with van der Waals surface area (Å²) in [5, 5.41) is 7.92. The topological polar surface area (TPSA) is 57.5 Å². The minimum atomic E-state index is -0.225. The number of hydrogen-bond donors (Lipinski definition) is 0. The lowest BCUT2D eigenvalue weighted by atomic mass is 9.95. The van der Waals surface area contributed by atoms with Gasteiger partial charge in [-0.1, -0.05) is 12.2 Å². The lowest BCUT2D eigenvalue weighted by molar-refractivity contribution is 0.0958. The van der Waals surface area contributed by atoms with Crippen molar-refractivity contribution in [2.45, 2.75) is 19.8 Å². The van der Waals surface area contributed by atoms with Crippen LogP contribution in [-0.2, 0) is 4.74 Å². The molecule has 21 heavy (non-hydrogen) atoms. The number of hydrogen-bond acceptors (Lipinski definition) is 4. The van der Waals surface area contributed by atoms with Crippen LogP contribution in [0.2, 0.25) is 0 Å². The zero-order valence-electron chi connectivity index (χ0n) is 12.4. The Labute approximate surface area is 125 Å². The first-order valence-electron chi connectivity index (χ1n) is 7.31. The first kappa shape index (κ1) is 15.3. The van der Waals surface area contributed by atoms with Gasteiger partial charge in [-0.05, 0) is 25.8 Å². The molecule has 114 valence electrons. The summed E-state index contributed by atoms with van der Waals surface area (Å²) in [6, 6.07) is 0. The average Bonchev–Trinajstić information content (AvgIpc) is 2.54. The molecule has 2 rings (SSSR count). The Hall–Kier alpha value is -2.11. The fourth-order valence-electron chi connectivity index (χ4n) is 2.62. The molecule has 0 radical (unpaired) electrons. The molecule has 6 heteroatoms. The summed E-state index contributed by atoms with van der Waals surface area (Å²) in [6.07, 6.45) is 9.57. The zero-order valence-corrected chi connectivity index (χ0v) is 12.4. The highest BCUT2D eigenvalue weighted by molar-refractivity contribution is 5.86. The molecule has 6 nitrogen and oxygen atoms in total. The highest BCUT2D eigenvalue weighted by Gasteiger charge is 2.29. The number of amidine groups is 1. The van der Waals surface area contributed by atoms with Crippen molar-refractivity contribution in [2.75, 3.05) is 26.2 Å². The number of amides is 1. The van der Waals surface area contributed by atoms with Crippen LogP contribution in [0.15, 0.2) is 34.6 Å². The van der Waals surface area contributed by atoms with Crippen molar-refractivity contribution in [2.24, 2.45) is 16.1 Å². The molecule has 0 spiro atoms. The number of likely N-dealkylation sites (tertiary alicyclic amines) is 1. The van der Waals surface area contributed by atoms with E-state index in [2.05, 4.69) is 27.9 Å². The fourth-order valence-corrected chi connectivity index (χ4v) is 2.62. The third kappa shape index (κ3) is 3.93. The third-order valence-corrected chi connectivity index (χ3v) is 3.67. The van der Waals surface area contributed by atoms with Gasteiger partial charge in [-0.3, -0.25) is 0 Å². The van der Waals surface area contributed by atoms with Crippen molar-refractivity contribution in [3.8, 4) is 0 Å². The second-order valence-electron chi connectivity index (χ2n) is 4.98. The molecule has 0 aromatic carbocycles. The predicted molar refractivity (Wildman–Crippen MR) is 83.3 cm³/mol. The summed E-state index contributed by atoms with van der Waals surface area (Å²) < 4.78 is 5.04. The highest BCUT2D eigenvalue weighted by atomic mass is 16.6. The maximum atomic E-state index is 11.7. The molecule has 1 saturated heterocycles. The van der Waals surface area contributed by atoms with Crippen LogP contribution in [0.3, 0.4) is 0 Å². The van der Waals surface area contributed by atoms with Crippen LogP contribution in [-0.4, -0.2) is 54.7 Å². The minimum absolute atomic E-state index is 0.225. The number of ether oxygens (including phenoxy) is 1. The number of carbonyl (C=O) groups excluding carboxylic acids is 1. The smallest absolute Gasteiger partial charge is 0.409 e. The van der Waals surface area contributed by atoms with Gasteiger partial charge in [0.25, 0.3) is 0 Å². The second kappa shape index (κ2) is 7.61. The van der Waals surface area contributed by atoms with Gasteiger partial charge in [-0.2, -0.15) is 5.10 Å². The van der Waals surface area contributed by atoms with Crippen LogP contribution >= 0.6 is 0 Å². The van der Waals surface area contributed by atoms with E-state index >= 15 is 0 Å². The molecule has 0 saturated carbocycles. The molecule has 0 atom stereocenters. The zero-order chi connectivity index (χ0) is 15.1. The van der Waals surface area contributed by atoms with Gasteiger partial charge in [-0.15, -0.1) is 5.10 Å². The molecule has 2 aliphatic heterocycles. The molecule has 0 bridgehead atoms. The Morgan fingerprint density at radius 2 is 2.14 bits per heavy atom. The van der Waals surface area contributed by atoms with Gasteiger partial charge in [-0.25, -0.2) is 4.79 Å². The van der Waals surface area contributed by atoms with Crippen molar-refractivity contribution in [3.05, 3.63) is 24.4 Å². The van der Waals surface area contributed by atoms with Crippen molar-refractivity contribution in [1.82, 2.24) is 9.80 Å². The van der Waals surface area contributed by atoms with E-state index in [1.807, 2.05) is 25.3 Å². The van der Waals surface area contributed by atoms with E-state index in [1.165, 1.54) is 0 Å². The normalized spacial score (nSPS) is 19.8. The Morgan fingerprint density at radius 1 is 1.38 bits per heavy atom. The van der Waals surface area contributed by atoms with Gasteiger partial charge in [0.15, 0.2) is 0 Å². The molecule has 1 fully saturated rings. The fraction of sp³-hybridized carbons (Fsp3) is 0.533. The van der Waals surface area contributed by atoms with E-state index in [-0.39, 0.29) is 12.0 Å². The molecule has 0 aromatic heterocycles. The van der Waals surface area contributed by atoms with Crippen LogP contribution < -0.4 is 0 Å². The Bertz CT molecular complexity index is 462. The summed E-state index contributed by atoms with van der Waals surface area (Å²) in [4.78, 5) is 15.6. The van der Waals surface area contributed by atoms with Gasteiger partial charge in [0, 0.05) is 38.5 Å². The van der Waals surface area contributed by atoms with Crippen molar-refractivity contribution in [1.29, 1.82) is 0 Å². The second-order valence-corrected chi connectivity index (χ2v) is 4.98. The lowest BCUT2D eigenvalue weighted by Gasteiger charge is -2.34. The Morgan fingerprint density at radius 3 is 2.71 bits per heavy atom. The van der Waals surface area contributed by atoms with Crippen LogP contribution in [0, 0.1) is 5.92 Å². The minimum Gasteiger partial charge on any atom is -0.450 e.